The minimum atomic E-state index is -0.326. The van der Waals surface area contributed by atoms with Gasteiger partial charge in [-0.2, -0.15) is 5.10 Å². The number of hydrogen-bond donors (Lipinski definition) is 0. The number of rotatable bonds is 4. The zero-order valence-electron chi connectivity index (χ0n) is 12.5. The van der Waals surface area contributed by atoms with E-state index >= 15 is 0 Å². The minimum absolute atomic E-state index is 0.122. The van der Waals surface area contributed by atoms with Crippen LogP contribution in [0.25, 0.3) is 0 Å². The molecule has 1 aliphatic rings. The standard InChI is InChI=1S/C16H19ClFN3O/c1-2-21-10-12(8-19-21)9-20-5-6-22-16(11-20)14-4-3-13(18)7-15(14)17/h3-4,7-8,10,16H,2,5-6,9,11H2,1H3/t16-/m0/s1. The van der Waals surface area contributed by atoms with Crippen LogP contribution in [-0.2, 0) is 17.8 Å². The van der Waals surface area contributed by atoms with E-state index < -0.39 is 0 Å². The summed E-state index contributed by atoms with van der Waals surface area (Å²) in [5.74, 6) is -0.326. The average molecular weight is 324 g/mol. The summed E-state index contributed by atoms with van der Waals surface area (Å²) < 4.78 is 20.9. The molecule has 6 heteroatoms. The molecule has 2 heterocycles. The van der Waals surface area contributed by atoms with E-state index in [0.717, 1.165) is 31.7 Å². The minimum Gasteiger partial charge on any atom is -0.371 e. The maximum Gasteiger partial charge on any atom is 0.124 e. The van der Waals surface area contributed by atoms with Crippen molar-refractivity contribution >= 4 is 11.6 Å². The molecule has 0 aliphatic carbocycles. The van der Waals surface area contributed by atoms with Gasteiger partial charge in [0.25, 0.3) is 0 Å². The number of benzene rings is 1. The zero-order valence-corrected chi connectivity index (χ0v) is 13.3. The van der Waals surface area contributed by atoms with Crippen LogP contribution in [0.2, 0.25) is 5.02 Å². The van der Waals surface area contributed by atoms with Gasteiger partial charge in [-0.05, 0) is 19.1 Å². The molecule has 4 nitrogen and oxygen atoms in total. The molecular formula is C16H19ClFN3O. The van der Waals surface area contributed by atoms with Gasteiger partial charge in [0.05, 0.1) is 18.9 Å². The Bertz CT molecular complexity index is 646. The first-order chi connectivity index (χ1) is 10.7. The summed E-state index contributed by atoms with van der Waals surface area (Å²) in [6, 6.07) is 4.47. The molecule has 0 radical (unpaired) electrons. The van der Waals surface area contributed by atoms with Crippen molar-refractivity contribution in [2.75, 3.05) is 19.7 Å². The number of halogens is 2. The van der Waals surface area contributed by atoms with Crippen LogP contribution in [-0.4, -0.2) is 34.4 Å². The third kappa shape index (κ3) is 3.48. The van der Waals surface area contributed by atoms with Gasteiger partial charge in [-0.15, -0.1) is 0 Å². The maximum atomic E-state index is 13.2. The molecule has 0 N–H and O–H groups in total. The predicted molar refractivity (Wildman–Crippen MR) is 83.3 cm³/mol. The Morgan fingerprint density at radius 3 is 3.05 bits per heavy atom. The Labute approximate surface area is 134 Å². The molecule has 0 amide bonds. The van der Waals surface area contributed by atoms with Crippen molar-refractivity contribution in [3.63, 3.8) is 0 Å². The Balaban J connectivity index is 1.68. The van der Waals surface area contributed by atoms with Gasteiger partial charge in [0.2, 0.25) is 0 Å². The van der Waals surface area contributed by atoms with Crippen LogP contribution in [0.3, 0.4) is 0 Å². The molecule has 1 aromatic carbocycles. The molecule has 1 saturated heterocycles. The average Bonchev–Trinajstić information content (AvgIpc) is 2.95. The molecule has 22 heavy (non-hydrogen) atoms. The van der Waals surface area contributed by atoms with Gasteiger partial charge in [-0.3, -0.25) is 9.58 Å². The predicted octanol–water partition coefficient (Wildman–Crippen LogP) is 3.27. The number of aromatic nitrogens is 2. The van der Waals surface area contributed by atoms with E-state index in [4.69, 9.17) is 16.3 Å². The van der Waals surface area contributed by atoms with Crippen LogP contribution in [0, 0.1) is 5.82 Å². The summed E-state index contributed by atoms with van der Waals surface area (Å²) >= 11 is 6.14. The fourth-order valence-electron chi connectivity index (χ4n) is 2.72. The zero-order chi connectivity index (χ0) is 15.5. The second-order valence-corrected chi connectivity index (χ2v) is 5.87. The second kappa shape index (κ2) is 6.77. The van der Waals surface area contributed by atoms with E-state index in [1.165, 1.54) is 17.7 Å². The molecule has 0 unspecified atom stereocenters. The molecule has 0 spiro atoms. The van der Waals surface area contributed by atoms with Crippen LogP contribution < -0.4 is 0 Å². The van der Waals surface area contributed by atoms with Gasteiger partial charge < -0.3 is 4.74 Å². The lowest BCUT2D eigenvalue weighted by atomic mass is 10.1. The van der Waals surface area contributed by atoms with Crippen molar-refractivity contribution < 1.29 is 9.13 Å². The first kappa shape index (κ1) is 15.5. The van der Waals surface area contributed by atoms with Crippen molar-refractivity contribution in [1.29, 1.82) is 0 Å². The van der Waals surface area contributed by atoms with E-state index in [9.17, 15) is 4.39 Å². The van der Waals surface area contributed by atoms with Crippen molar-refractivity contribution in [1.82, 2.24) is 14.7 Å². The molecular weight excluding hydrogens is 305 g/mol. The largest absolute Gasteiger partial charge is 0.371 e. The highest BCUT2D eigenvalue weighted by atomic mass is 35.5. The maximum absolute atomic E-state index is 13.2. The van der Waals surface area contributed by atoms with Gasteiger partial charge in [-0.1, -0.05) is 17.7 Å². The van der Waals surface area contributed by atoms with Crippen molar-refractivity contribution in [2.45, 2.75) is 26.1 Å². The highest BCUT2D eigenvalue weighted by Gasteiger charge is 2.24. The molecule has 0 saturated carbocycles. The molecule has 118 valence electrons. The molecule has 1 aliphatic heterocycles. The SMILES string of the molecule is CCn1cc(CN2CCO[C@H](c3ccc(F)cc3Cl)C2)cn1. The van der Waals surface area contributed by atoms with Crippen molar-refractivity contribution in [3.05, 3.63) is 52.6 Å². The number of morpholine rings is 1. The van der Waals surface area contributed by atoms with Crippen LogP contribution in [0.5, 0.6) is 0 Å². The Hall–Kier alpha value is -1.43. The van der Waals surface area contributed by atoms with Crippen LogP contribution >= 0.6 is 11.6 Å². The first-order valence-electron chi connectivity index (χ1n) is 7.46. The van der Waals surface area contributed by atoms with Crippen LogP contribution in [0.1, 0.15) is 24.2 Å². The van der Waals surface area contributed by atoms with Gasteiger partial charge in [-0.25, -0.2) is 4.39 Å². The highest BCUT2D eigenvalue weighted by molar-refractivity contribution is 6.31. The second-order valence-electron chi connectivity index (χ2n) is 5.46. The van der Waals surface area contributed by atoms with Gasteiger partial charge in [0.1, 0.15) is 5.82 Å². The van der Waals surface area contributed by atoms with E-state index in [1.807, 2.05) is 10.9 Å². The Kier molecular flexibility index (Phi) is 4.76. The monoisotopic (exact) mass is 323 g/mol. The lowest BCUT2D eigenvalue weighted by Crippen LogP contribution is -2.37. The van der Waals surface area contributed by atoms with E-state index in [0.29, 0.717) is 11.6 Å². The lowest BCUT2D eigenvalue weighted by molar-refractivity contribution is -0.0329. The van der Waals surface area contributed by atoms with Crippen molar-refractivity contribution in [2.24, 2.45) is 0 Å². The fraction of sp³-hybridized carbons (Fsp3) is 0.438. The van der Waals surface area contributed by atoms with Crippen LogP contribution in [0.4, 0.5) is 4.39 Å². The molecule has 1 fully saturated rings. The first-order valence-corrected chi connectivity index (χ1v) is 7.83. The fourth-order valence-corrected chi connectivity index (χ4v) is 3.01. The third-order valence-corrected chi connectivity index (χ3v) is 4.20. The number of nitrogens with zero attached hydrogens (tertiary/aromatic N) is 3. The Morgan fingerprint density at radius 2 is 2.32 bits per heavy atom. The summed E-state index contributed by atoms with van der Waals surface area (Å²) in [7, 11) is 0. The number of ether oxygens (including phenoxy) is 1. The quantitative estimate of drug-likeness (QED) is 0.865. The van der Waals surface area contributed by atoms with Crippen LogP contribution in [0.15, 0.2) is 30.6 Å². The number of aryl methyl sites for hydroxylation is 1. The highest BCUT2D eigenvalue weighted by Crippen LogP contribution is 2.29. The van der Waals surface area contributed by atoms with E-state index in [2.05, 4.69) is 23.1 Å². The van der Waals surface area contributed by atoms with Gasteiger partial charge in [0, 0.05) is 48.5 Å². The molecule has 1 aromatic heterocycles. The number of hydrogen-bond acceptors (Lipinski definition) is 3. The smallest absolute Gasteiger partial charge is 0.124 e. The van der Waals surface area contributed by atoms with E-state index in [1.54, 1.807) is 6.07 Å². The normalized spacial score (nSPS) is 19.5. The third-order valence-electron chi connectivity index (χ3n) is 3.88. The summed E-state index contributed by atoms with van der Waals surface area (Å²) in [5.41, 5.74) is 2.03. The molecule has 0 bridgehead atoms. The molecule has 3 rings (SSSR count). The lowest BCUT2D eigenvalue weighted by Gasteiger charge is -2.33. The van der Waals surface area contributed by atoms with Crippen molar-refractivity contribution in [3.8, 4) is 0 Å². The summed E-state index contributed by atoms with van der Waals surface area (Å²) in [6.45, 7) is 6.02. The van der Waals surface area contributed by atoms with E-state index in [-0.39, 0.29) is 11.9 Å². The summed E-state index contributed by atoms with van der Waals surface area (Å²) in [5, 5.41) is 4.72. The topological polar surface area (TPSA) is 30.3 Å². The Morgan fingerprint density at radius 1 is 1.45 bits per heavy atom. The summed E-state index contributed by atoms with van der Waals surface area (Å²) in [4.78, 5) is 2.31. The van der Waals surface area contributed by atoms with Gasteiger partial charge in [0.15, 0.2) is 0 Å². The summed E-state index contributed by atoms with van der Waals surface area (Å²) in [6.07, 6.45) is 3.84. The molecule has 2 aromatic rings. The van der Waals surface area contributed by atoms with Gasteiger partial charge >= 0.3 is 0 Å². The molecule has 1 atom stereocenters.